The van der Waals surface area contributed by atoms with Gasteiger partial charge in [0.1, 0.15) is 12.9 Å². The SMILES string of the molecule is CCCC[P@](=O)(c1ccccc1)c1ccccc1OC. The molecule has 0 aromatic heterocycles. The molecular weight excluding hydrogens is 267 g/mol. The predicted molar refractivity (Wildman–Crippen MR) is 86.1 cm³/mol. The van der Waals surface area contributed by atoms with Crippen LogP contribution in [0.1, 0.15) is 19.8 Å². The van der Waals surface area contributed by atoms with Crippen LogP contribution in [-0.4, -0.2) is 13.3 Å². The van der Waals surface area contributed by atoms with E-state index in [9.17, 15) is 4.57 Å². The first-order valence-electron chi connectivity index (χ1n) is 7.00. The second kappa shape index (κ2) is 6.76. The molecule has 2 aromatic rings. The fraction of sp³-hybridized carbons (Fsp3) is 0.294. The lowest BCUT2D eigenvalue weighted by Gasteiger charge is -2.21. The molecule has 106 valence electrons. The molecule has 0 saturated carbocycles. The summed E-state index contributed by atoms with van der Waals surface area (Å²) >= 11 is 0. The van der Waals surface area contributed by atoms with Crippen molar-refractivity contribution in [2.75, 3.05) is 13.3 Å². The molecule has 0 saturated heterocycles. The van der Waals surface area contributed by atoms with Crippen LogP contribution in [0.15, 0.2) is 54.6 Å². The maximum atomic E-state index is 13.7. The molecule has 3 heteroatoms. The van der Waals surface area contributed by atoms with E-state index in [1.165, 1.54) is 0 Å². The average molecular weight is 288 g/mol. The molecule has 0 unspecified atom stereocenters. The van der Waals surface area contributed by atoms with Gasteiger partial charge in [-0.1, -0.05) is 55.8 Å². The van der Waals surface area contributed by atoms with E-state index in [4.69, 9.17) is 4.74 Å². The molecule has 0 aliphatic carbocycles. The van der Waals surface area contributed by atoms with Gasteiger partial charge in [-0.05, 0) is 18.6 Å². The number of unbranched alkanes of at least 4 members (excludes halogenated alkanes) is 1. The second-order valence-corrected chi connectivity index (χ2v) is 7.75. The molecular formula is C17H21O2P. The molecule has 0 amide bonds. The van der Waals surface area contributed by atoms with Crippen molar-refractivity contribution in [3.63, 3.8) is 0 Å². The van der Waals surface area contributed by atoms with Crippen LogP contribution < -0.4 is 15.3 Å². The molecule has 0 bridgehead atoms. The van der Waals surface area contributed by atoms with Gasteiger partial charge in [-0.3, -0.25) is 0 Å². The zero-order valence-corrected chi connectivity index (χ0v) is 13.0. The van der Waals surface area contributed by atoms with Gasteiger partial charge in [-0.2, -0.15) is 0 Å². The summed E-state index contributed by atoms with van der Waals surface area (Å²) in [5, 5.41) is 1.75. The Balaban J connectivity index is 2.55. The fourth-order valence-electron chi connectivity index (χ4n) is 2.37. The molecule has 0 fully saturated rings. The van der Waals surface area contributed by atoms with Crippen molar-refractivity contribution in [2.24, 2.45) is 0 Å². The highest BCUT2D eigenvalue weighted by atomic mass is 31.2. The molecule has 2 aromatic carbocycles. The maximum absolute atomic E-state index is 13.7. The summed E-state index contributed by atoms with van der Waals surface area (Å²) < 4.78 is 19.1. The zero-order valence-electron chi connectivity index (χ0n) is 12.1. The van der Waals surface area contributed by atoms with Crippen LogP contribution in [0.3, 0.4) is 0 Å². The van der Waals surface area contributed by atoms with Crippen molar-refractivity contribution in [1.29, 1.82) is 0 Å². The van der Waals surface area contributed by atoms with Crippen molar-refractivity contribution in [1.82, 2.24) is 0 Å². The molecule has 2 rings (SSSR count). The zero-order chi connectivity index (χ0) is 14.4. The normalized spacial score (nSPS) is 13.7. The average Bonchev–Trinajstić information content (AvgIpc) is 2.53. The first kappa shape index (κ1) is 14.9. The smallest absolute Gasteiger partial charge is 0.146 e. The van der Waals surface area contributed by atoms with Crippen LogP contribution in [0.5, 0.6) is 5.75 Å². The van der Waals surface area contributed by atoms with E-state index in [1.54, 1.807) is 7.11 Å². The monoisotopic (exact) mass is 288 g/mol. The minimum Gasteiger partial charge on any atom is -0.496 e. The molecule has 0 spiro atoms. The lowest BCUT2D eigenvalue weighted by Crippen LogP contribution is -2.20. The summed E-state index contributed by atoms with van der Waals surface area (Å²) in [4.78, 5) is 0. The summed E-state index contributed by atoms with van der Waals surface area (Å²) in [7, 11) is -0.987. The fourth-order valence-corrected chi connectivity index (χ4v) is 5.41. The predicted octanol–water partition coefficient (Wildman–Crippen LogP) is 3.81. The molecule has 0 heterocycles. The summed E-state index contributed by atoms with van der Waals surface area (Å²) in [6.07, 6.45) is 2.67. The Labute approximate surface area is 121 Å². The molecule has 2 nitrogen and oxygen atoms in total. The number of benzene rings is 2. The third-order valence-electron chi connectivity index (χ3n) is 3.47. The third-order valence-corrected chi connectivity index (χ3v) is 6.70. The molecule has 1 atom stereocenters. The Hall–Kier alpha value is -1.53. The maximum Gasteiger partial charge on any atom is 0.146 e. The van der Waals surface area contributed by atoms with Crippen LogP contribution in [0.2, 0.25) is 0 Å². The molecule has 0 radical (unpaired) electrons. The number of rotatable bonds is 6. The Morgan fingerprint density at radius 3 is 2.30 bits per heavy atom. The number of methoxy groups -OCH3 is 1. The van der Waals surface area contributed by atoms with Crippen LogP contribution >= 0.6 is 7.14 Å². The van der Waals surface area contributed by atoms with Gasteiger partial charge < -0.3 is 9.30 Å². The third kappa shape index (κ3) is 2.96. The summed E-state index contributed by atoms with van der Waals surface area (Å²) in [5.41, 5.74) is 0. The lowest BCUT2D eigenvalue weighted by molar-refractivity contribution is 0.418. The van der Waals surface area contributed by atoms with Gasteiger partial charge in [-0.15, -0.1) is 0 Å². The lowest BCUT2D eigenvalue weighted by atomic mass is 10.3. The van der Waals surface area contributed by atoms with E-state index in [1.807, 2.05) is 54.6 Å². The second-order valence-electron chi connectivity index (χ2n) is 4.82. The number of para-hydroxylation sites is 1. The van der Waals surface area contributed by atoms with E-state index in [2.05, 4.69) is 6.92 Å². The van der Waals surface area contributed by atoms with Crippen molar-refractivity contribution in [2.45, 2.75) is 19.8 Å². The Kier molecular flexibility index (Phi) is 5.03. The molecule has 20 heavy (non-hydrogen) atoms. The number of hydrogen-bond acceptors (Lipinski definition) is 2. The van der Waals surface area contributed by atoms with Gasteiger partial charge in [0.15, 0.2) is 0 Å². The Morgan fingerprint density at radius 2 is 1.65 bits per heavy atom. The Morgan fingerprint density at radius 1 is 1.00 bits per heavy atom. The summed E-state index contributed by atoms with van der Waals surface area (Å²) in [5.74, 6) is 0.718. The van der Waals surface area contributed by atoms with Crippen molar-refractivity contribution >= 4 is 17.8 Å². The molecule has 0 aliphatic heterocycles. The molecule has 0 N–H and O–H groups in total. The van der Waals surface area contributed by atoms with Gasteiger partial charge in [0.2, 0.25) is 0 Å². The molecule has 0 aliphatic rings. The Bertz CT molecular complexity index is 593. The van der Waals surface area contributed by atoms with Gasteiger partial charge in [-0.25, -0.2) is 0 Å². The first-order valence-corrected chi connectivity index (χ1v) is 8.90. The van der Waals surface area contributed by atoms with Crippen molar-refractivity contribution in [3.05, 3.63) is 54.6 Å². The van der Waals surface area contributed by atoms with Crippen LogP contribution in [0, 0.1) is 0 Å². The highest BCUT2D eigenvalue weighted by Gasteiger charge is 2.29. The highest BCUT2D eigenvalue weighted by Crippen LogP contribution is 2.46. The number of ether oxygens (including phenoxy) is 1. The van der Waals surface area contributed by atoms with Crippen LogP contribution in [0.25, 0.3) is 0 Å². The van der Waals surface area contributed by atoms with E-state index >= 15 is 0 Å². The standard InChI is InChI=1S/C17H21O2P/c1-3-4-14-20(18,15-10-6-5-7-11-15)17-13-9-8-12-16(17)19-2/h5-13H,3-4,14H2,1-2H3/t20-/m0/s1. The largest absolute Gasteiger partial charge is 0.496 e. The van der Waals surface area contributed by atoms with Crippen molar-refractivity contribution < 1.29 is 9.30 Å². The van der Waals surface area contributed by atoms with E-state index in [0.717, 1.165) is 29.2 Å². The minimum absolute atomic E-state index is 0.688. The van der Waals surface area contributed by atoms with Crippen LogP contribution in [-0.2, 0) is 4.57 Å². The minimum atomic E-state index is -2.62. The van der Waals surface area contributed by atoms with Crippen LogP contribution in [0.4, 0.5) is 0 Å². The van der Waals surface area contributed by atoms with E-state index in [-0.39, 0.29) is 0 Å². The first-order chi connectivity index (χ1) is 9.72. The van der Waals surface area contributed by atoms with Gasteiger partial charge in [0.05, 0.1) is 12.4 Å². The summed E-state index contributed by atoms with van der Waals surface area (Å²) in [6.45, 7) is 2.12. The summed E-state index contributed by atoms with van der Waals surface area (Å²) in [6, 6.07) is 17.4. The van der Waals surface area contributed by atoms with Gasteiger partial charge in [0, 0.05) is 11.5 Å². The number of hydrogen-bond donors (Lipinski definition) is 0. The highest BCUT2D eigenvalue weighted by molar-refractivity contribution is 7.78. The topological polar surface area (TPSA) is 26.3 Å². The quantitative estimate of drug-likeness (QED) is 0.756. The van der Waals surface area contributed by atoms with Crippen molar-refractivity contribution in [3.8, 4) is 5.75 Å². The van der Waals surface area contributed by atoms with E-state index < -0.39 is 7.14 Å². The van der Waals surface area contributed by atoms with Gasteiger partial charge in [0.25, 0.3) is 0 Å². The van der Waals surface area contributed by atoms with E-state index in [0.29, 0.717) is 6.16 Å². The van der Waals surface area contributed by atoms with Gasteiger partial charge >= 0.3 is 0 Å².